The Morgan fingerprint density at radius 2 is 1.95 bits per heavy atom. The van der Waals surface area contributed by atoms with E-state index < -0.39 is 0 Å². The fraction of sp³-hybridized carbons (Fsp3) is 0.312. The summed E-state index contributed by atoms with van der Waals surface area (Å²) < 4.78 is 0. The Labute approximate surface area is 119 Å². The van der Waals surface area contributed by atoms with Crippen LogP contribution in [-0.2, 0) is 0 Å². The highest BCUT2D eigenvalue weighted by Gasteiger charge is 2.10. The van der Waals surface area contributed by atoms with Gasteiger partial charge in [0.2, 0.25) is 0 Å². The average molecular weight is 275 g/mol. The van der Waals surface area contributed by atoms with Crippen LogP contribution in [0.3, 0.4) is 0 Å². The first-order chi connectivity index (χ1) is 9.29. The second-order valence-corrected chi connectivity index (χ2v) is 5.01. The topological polar surface area (TPSA) is 24.9 Å². The molecule has 0 radical (unpaired) electrons. The van der Waals surface area contributed by atoms with Crippen molar-refractivity contribution in [1.29, 1.82) is 0 Å². The molecule has 0 saturated carbocycles. The maximum Gasteiger partial charge on any atom is 0.129 e. The summed E-state index contributed by atoms with van der Waals surface area (Å²) >= 11 is 5.81. The van der Waals surface area contributed by atoms with Crippen molar-refractivity contribution in [2.75, 3.05) is 5.32 Å². The van der Waals surface area contributed by atoms with E-state index in [1.807, 2.05) is 18.2 Å². The third kappa shape index (κ3) is 4.25. The Hall–Kier alpha value is -1.54. The number of nitrogens with zero attached hydrogens (tertiary/aromatic N) is 1. The highest BCUT2D eigenvalue weighted by Crippen LogP contribution is 2.24. The monoisotopic (exact) mass is 274 g/mol. The maximum atomic E-state index is 5.81. The molecule has 2 aromatic rings. The summed E-state index contributed by atoms with van der Waals surface area (Å²) in [6, 6.07) is 14.6. The van der Waals surface area contributed by atoms with Gasteiger partial charge in [-0.1, -0.05) is 61.7 Å². The number of unbranched alkanes of at least 4 members (excludes halogenated alkanes) is 1. The second kappa shape index (κ2) is 7.15. The van der Waals surface area contributed by atoms with Gasteiger partial charge in [0.1, 0.15) is 5.15 Å². The molecule has 0 bridgehead atoms. The van der Waals surface area contributed by atoms with E-state index in [4.69, 9.17) is 11.6 Å². The Morgan fingerprint density at radius 1 is 1.16 bits per heavy atom. The Morgan fingerprint density at radius 3 is 2.58 bits per heavy atom. The van der Waals surface area contributed by atoms with Gasteiger partial charge >= 0.3 is 0 Å². The van der Waals surface area contributed by atoms with Gasteiger partial charge in [-0.3, -0.25) is 0 Å². The third-order valence-electron chi connectivity index (χ3n) is 3.12. The zero-order chi connectivity index (χ0) is 13.5. The van der Waals surface area contributed by atoms with Crippen LogP contribution in [0.4, 0.5) is 5.69 Å². The molecule has 1 N–H and O–H groups in total. The number of nitrogens with one attached hydrogen (secondary N) is 1. The van der Waals surface area contributed by atoms with Crippen molar-refractivity contribution in [3.8, 4) is 0 Å². The number of halogens is 1. The fourth-order valence-corrected chi connectivity index (χ4v) is 2.19. The first kappa shape index (κ1) is 13.9. The highest BCUT2D eigenvalue weighted by molar-refractivity contribution is 6.29. The molecule has 0 aliphatic rings. The Kier molecular flexibility index (Phi) is 5.22. The van der Waals surface area contributed by atoms with Crippen molar-refractivity contribution in [3.63, 3.8) is 0 Å². The van der Waals surface area contributed by atoms with Gasteiger partial charge in [-0.15, -0.1) is 0 Å². The van der Waals surface area contributed by atoms with E-state index in [9.17, 15) is 0 Å². The van der Waals surface area contributed by atoms with E-state index in [2.05, 4.69) is 41.5 Å². The van der Waals surface area contributed by atoms with E-state index in [0.29, 0.717) is 11.2 Å². The lowest BCUT2D eigenvalue weighted by Crippen LogP contribution is -2.10. The first-order valence-corrected chi connectivity index (χ1v) is 7.10. The lowest BCUT2D eigenvalue weighted by atomic mass is 10.0. The van der Waals surface area contributed by atoms with Gasteiger partial charge in [0, 0.05) is 0 Å². The van der Waals surface area contributed by atoms with Crippen LogP contribution >= 0.6 is 11.6 Å². The predicted octanol–water partition coefficient (Wildman–Crippen LogP) is 5.08. The summed E-state index contributed by atoms with van der Waals surface area (Å²) in [5, 5.41) is 4.06. The molecule has 1 heterocycles. The number of hydrogen-bond donors (Lipinski definition) is 1. The molecule has 0 aliphatic heterocycles. The first-order valence-electron chi connectivity index (χ1n) is 6.72. The smallest absolute Gasteiger partial charge is 0.129 e. The number of aromatic nitrogens is 1. The van der Waals surface area contributed by atoms with E-state index in [0.717, 1.165) is 12.1 Å². The largest absolute Gasteiger partial charge is 0.377 e. The van der Waals surface area contributed by atoms with Crippen LogP contribution in [-0.4, -0.2) is 4.98 Å². The quantitative estimate of drug-likeness (QED) is 0.743. The molecule has 19 heavy (non-hydrogen) atoms. The van der Waals surface area contributed by atoms with Gasteiger partial charge in [-0.05, 0) is 24.1 Å². The van der Waals surface area contributed by atoms with Crippen molar-refractivity contribution < 1.29 is 0 Å². The minimum Gasteiger partial charge on any atom is -0.377 e. The zero-order valence-electron chi connectivity index (χ0n) is 11.1. The molecule has 0 spiro atoms. The van der Waals surface area contributed by atoms with E-state index in [1.165, 1.54) is 18.4 Å². The summed E-state index contributed by atoms with van der Waals surface area (Å²) in [5.41, 5.74) is 2.32. The second-order valence-electron chi connectivity index (χ2n) is 4.62. The standard InChI is InChI=1S/C16H19ClN2/c1-2-3-9-15(13-7-5-4-6-8-13)19-14-10-11-16(17)18-12-14/h4-8,10-12,15,19H,2-3,9H2,1H3. The van der Waals surface area contributed by atoms with E-state index >= 15 is 0 Å². The molecule has 0 saturated heterocycles. The van der Waals surface area contributed by atoms with Crippen LogP contribution < -0.4 is 5.32 Å². The summed E-state index contributed by atoms with van der Waals surface area (Å²) in [6.45, 7) is 2.21. The van der Waals surface area contributed by atoms with Crippen LogP contribution in [0.2, 0.25) is 5.15 Å². The molecule has 1 aromatic carbocycles. The van der Waals surface area contributed by atoms with Crippen LogP contribution in [0.1, 0.15) is 37.8 Å². The van der Waals surface area contributed by atoms with Crippen molar-refractivity contribution in [1.82, 2.24) is 4.98 Å². The molecule has 2 nitrogen and oxygen atoms in total. The molecule has 0 aliphatic carbocycles. The number of benzene rings is 1. The third-order valence-corrected chi connectivity index (χ3v) is 3.34. The molecule has 1 unspecified atom stereocenters. The molecular formula is C16H19ClN2. The van der Waals surface area contributed by atoms with Crippen molar-refractivity contribution in [3.05, 3.63) is 59.4 Å². The van der Waals surface area contributed by atoms with Gasteiger partial charge in [-0.25, -0.2) is 4.98 Å². The number of pyridine rings is 1. The molecule has 100 valence electrons. The maximum absolute atomic E-state index is 5.81. The number of rotatable bonds is 6. The molecule has 0 fully saturated rings. The summed E-state index contributed by atoms with van der Waals surface area (Å²) in [7, 11) is 0. The summed E-state index contributed by atoms with van der Waals surface area (Å²) in [4.78, 5) is 4.11. The molecule has 0 amide bonds. The minimum atomic E-state index is 0.323. The molecule has 2 rings (SSSR count). The average Bonchev–Trinajstić information content (AvgIpc) is 2.46. The number of anilines is 1. The van der Waals surface area contributed by atoms with Gasteiger partial charge in [0.25, 0.3) is 0 Å². The van der Waals surface area contributed by atoms with Gasteiger partial charge in [0.05, 0.1) is 17.9 Å². The van der Waals surface area contributed by atoms with Crippen LogP contribution in [0.5, 0.6) is 0 Å². The zero-order valence-corrected chi connectivity index (χ0v) is 11.9. The molecule has 3 heteroatoms. The number of hydrogen-bond acceptors (Lipinski definition) is 2. The van der Waals surface area contributed by atoms with Gasteiger partial charge in [0.15, 0.2) is 0 Å². The summed E-state index contributed by atoms with van der Waals surface area (Å²) in [6.07, 6.45) is 5.30. The molecule has 1 atom stereocenters. The predicted molar refractivity (Wildman–Crippen MR) is 81.6 cm³/mol. The van der Waals surface area contributed by atoms with Gasteiger partial charge in [-0.2, -0.15) is 0 Å². The highest BCUT2D eigenvalue weighted by atomic mass is 35.5. The van der Waals surface area contributed by atoms with Crippen molar-refractivity contribution in [2.45, 2.75) is 32.2 Å². The minimum absolute atomic E-state index is 0.323. The molecule has 1 aromatic heterocycles. The normalized spacial score (nSPS) is 12.1. The lowest BCUT2D eigenvalue weighted by molar-refractivity contribution is 0.634. The summed E-state index contributed by atoms with van der Waals surface area (Å²) in [5.74, 6) is 0. The van der Waals surface area contributed by atoms with Crippen LogP contribution in [0.25, 0.3) is 0 Å². The van der Waals surface area contributed by atoms with Crippen molar-refractivity contribution in [2.24, 2.45) is 0 Å². The van der Waals surface area contributed by atoms with E-state index in [1.54, 1.807) is 6.20 Å². The molecular weight excluding hydrogens is 256 g/mol. The van der Waals surface area contributed by atoms with Crippen LogP contribution in [0, 0.1) is 0 Å². The van der Waals surface area contributed by atoms with E-state index in [-0.39, 0.29) is 0 Å². The lowest BCUT2D eigenvalue weighted by Gasteiger charge is -2.20. The van der Waals surface area contributed by atoms with Crippen LogP contribution in [0.15, 0.2) is 48.7 Å². The Bertz CT molecular complexity index is 482. The van der Waals surface area contributed by atoms with Crippen molar-refractivity contribution >= 4 is 17.3 Å². The van der Waals surface area contributed by atoms with Gasteiger partial charge < -0.3 is 5.32 Å². The SMILES string of the molecule is CCCCC(Nc1ccc(Cl)nc1)c1ccccc1. The Balaban J connectivity index is 2.11. The fourth-order valence-electron chi connectivity index (χ4n) is 2.08.